The van der Waals surface area contributed by atoms with Gasteiger partial charge in [0.15, 0.2) is 0 Å². The number of hydrogen-bond acceptors (Lipinski definition) is 4. The van der Waals surface area contributed by atoms with Gasteiger partial charge in [-0.1, -0.05) is 6.42 Å². The zero-order valence-electron chi connectivity index (χ0n) is 12.1. The molecule has 1 aliphatic heterocycles. The van der Waals surface area contributed by atoms with Crippen molar-refractivity contribution < 1.29 is 4.74 Å². The number of likely N-dealkylation sites (tertiary alicyclic amines) is 1. The minimum atomic E-state index is 0.547. The standard InChI is InChI=1S/C16H23N3O/c1-13-5-2-3-8-19(13)9-4-10-20-16-11-15(18)7-6-14(16)12-17/h6-7,11,13H,2-5,8-10,18H2,1H3. The van der Waals surface area contributed by atoms with E-state index in [9.17, 15) is 0 Å². The molecule has 0 aliphatic carbocycles. The molecule has 4 heteroatoms. The average Bonchev–Trinajstić information content (AvgIpc) is 2.45. The topological polar surface area (TPSA) is 62.3 Å². The molecule has 0 amide bonds. The number of hydrogen-bond donors (Lipinski definition) is 1. The summed E-state index contributed by atoms with van der Waals surface area (Å²) < 4.78 is 5.71. The molecule has 0 saturated carbocycles. The van der Waals surface area contributed by atoms with Crippen LogP contribution in [-0.2, 0) is 0 Å². The maximum absolute atomic E-state index is 9.03. The first-order chi connectivity index (χ1) is 9.70. The van der Waals surface area contributed by atoms with Gasteiger partial charge in [-0.3, -0.25) is 0 Å². The van der Waals surface area contributed by atoms with E-state index in [4.69, 9.17) is 15.7 Å². The molecule has 2 rings (SSSR count). The molecule has 0 bridgehead atoms. The number of ether oxygens (including phenoxy) is 1. The normalized spacial score (nSPS) is 19.5. The van der Waals surface area contributed by atoms with Crippen LogP contribution in [0.4, 0.5) is 5.69 Å². The molecule has 1 heterocycles. The zero-order valence-corrected chi connectivity index (χ0v) is 12.1. The van der Waals surface area contributed by atoms with Crippen molar-refractivity contribution in [3.8, 4) is 11.8 Å². The lowest BCUT2D eigenvalue weighted by atomic mass is 10.0. The lowest BCUT2D eigenvalue weighted by Gasteiger charge is -2.33. The van der Waals surface area contributed by atoms with Crippen LogP contribution in [0.1, 0.15) is 38.2 Å². The van der Waals surface area contributed by atoms with Gasteiger partial charge in [-0.2, -0.15) is 5.26 Å². The lowest BCUT2D eigenvalue weighted by molar-refractivity contribution is 0.148. The predicted octanol–water partition coefficient (Wildman–Crippen LogP) is 2.78. The van der Waals surface area contributed by atoms with Crippen molar-refractivity contribution in [2.24, 2.45) is 0 Å². The van der Waals surface area contributed by atoms with Gasteiger partial charge >= 0.3 is 0 Å². The fourth-order valence-corrected chi connectivity index (χ4v) is 2.69. The molecule has 4 nitrogen and oxygen atoms in total. The van der Waals surface area contributed by atoms with E-state index >= 15 is 0 Å². The van der Waals surface area contributed by atoms with Crippen molar-refractivity contribution >= 4 is 5.69 Å². The number of nitrogens with two attached hydrogens (primary N) is 1. The molecule has 1 saturated heterocycles. The van der Waals surface area contributed by atoms with Gasteiger partial charge in [0.1, 0.15) is 11.8 Å². The molecule has 108 valence electrons. The summed E-state index contributed by atoms with van der Waals surface area (Å²) >= 11 is 0. The SMILES string of the molecule is CC1CCCCN1CCCOc1cc(N)ccc1C#N. The van der Waals surface area contributed by atoms with Gasteiger partial charge in [0, 0.05) is 24.3 Å². The molecule has 1 fully saturated rings. The van der Waals surface area contributed by atoms with E-state index in [2.05, 4.69) is 17.9 Å². The third-order valence-corrected chi connectivity index (χ3v) is 3.91. The van der Waals surface area contributed by atoms with Crippen LogP contribution in [0.5, 0.6) is 5.75 Å². The molecular weight excluding hydrogens is 250 g/mol. The van der Waals surface area contributed by atoms with Crippen molar-refractivity contribution in [3.63, 3.8) is 0 Å². The highest BCUT2D eigenvalue weighted by molar-refractivity contribution is 5.52. The molecule has 1 aliphatic rings. The first kappa shape index (κ1) is 14.7. The molecule has 0 radical (unpaired) electrons. The van der Waals surface area contributed by atoms with Gasteiger partial charge in [0.05, 0.1) is 12.2 Å². The zero-order chi connectivity index (χ0) is 14.4. The summed E-state index contributed by atoms with van der Waals surface area (Å²) in [7, 11) is 0. The highest BCUT2D eigenvalue weighted by atomic mass is 16.5. The summed E-state index contributed by atoms with van der Waals surface area (Å²) in [6, 6.07) is 7.97. The summed E-state index contributed by atoms with van der Waals surface area (Å²) in [4.78, 5) is 2.53. The molecule has 1 atom stereocenters. The van der Waals surface area contributed by atoms with Crippen LogP contribution in [0.2, 0.25) is 0 Å². The Hall–Kier alpha value is -1.73. The third-order valence-electron chi connectivity index (χ3n) is 3.91. The van der Waals surface area contributed by atoms with Gasteiger partial charge in [0.25, 0.3) is 0 Å². The van der Waals surface area contributed by atoms with E-state index in [-0.39, 0.29) is 0 Å². The van der Waals surface area contributed by atoms with Crippen LogP contribution in [0.15, 0.2) is 18.2 Å². The van der Waals surface area contributed by atoms with E-state index in [0.29, 0.717) is 29.6 Å². The van der Waals surface area contributed by atoms with Crippen LogP contribution in [-0.4, -0.2) is 30.6 Å². The highest BCUT2D eigenvalue weighted by Crippen LogP contribution is 2.21. The van der Waals surface area contributed by atoms with E-state index in [1.165, 1.54) is 25.8 Å². The fraction of sp³-hybridized carbons (Fsp3) is 0.562. The molecule has 1 aromatic rings. The summed E-state index contributed by atoms with van der Waals surface area (Å²) in [5.74, 6) is 0.596. The summed E-state index contributed by atoms with van der Waals surface area (Å²) in [6.07, 6.45) is 4.93. The number of anilines is 1. The van der Waals surface area contributed by atoms with Crippen LogP contribution < -0.4 is 10.5 Å². The number of nitrogen functional groups attached to an aromatic ring is 1. The van der Waals surface area contributed by atoms with Gasteiger partial charge in [0.2, 0.25) is 0 Å². The second-order valence-electron chi connectivity index (χ2n) is 5.45. The van der Waals surface area contributed by atoms with Crippen molar-refractivity contribution in [2.45, 2.75) is 38.6 Å². The number of piperidine rings is 1. The Labute approximate surface area is 121 Å². The third kappa shape index (κ3) is 3.88. The van der Waals surface area contributed by atoms with Crippen molar-refractivity contribution in [1.29, 1.82) is 5.26 Å². The Kier molecular flexibility index (Phi) is 5.25. The van der Waals surface area contributed by atoms with E-state index in [1.54, 1.807) is 18.2 Å². The van der Waals surface area contributed by atoms with Crippen LogP contribution in [0.3, 0.4) is 0 Å². The smallest absolute Gasteiger partial charge is 0.139 e. The van der Waals surface area contributed by atoms with Crippen LogP contribution >= 0.6 is 0 Å². The molecule has 0 aromatic heterocycles. The van der Waals surface area contributed by atoms with Gasteiger partial charge < -0.3 is 15.4 Å². The molecule has 0 spiro atoms. The Bertz CT molecular complexity index is 481. The Morgan fingerprint density at radius 1 is 1.45 bits per heavy atom. The molecular formula is C16H23N3O. The van der Waals surface area contributed by atoms with Crippen molar-refractivity contribution in [3.05, 3.63) is 23.8 Å². The fourth-order valence-electron chi connectivity index (χ4n) is 2.69. The molecule has 2 N–H and O–H groups in total. The average molecular weight is 273 g/mol. The summed E-state index contributed by atoms with van der Waals surface area (Å²) in [5.41, 5.74) is 6.90. The van der Waals surface area contributed by atoms with E-state index < -0.39 is 0 Å². The van der Waals surface area contributed by atoms with Gasteiger partial charge in [-0.15, -0.1) is 0 Å². The first-order valence-electron chi connectivity index (χ1n) is 7.37. The Balaban J connectivity index is 1.78. The van der Waals surface area contributed by atoms with Gasteiger partial charge in [-0.05, 0) is 44.9 Å². The largest absolute Gasteiger partial charge is 0.492 e. The van der Waals surface area contributed by atoms with E-state index in [0.717, 1.165) is 13.0 Å². The minimum absolute atomic E-state index is 0.547. The maximum atomic E-state index is 9.03. The van der Waals surface area contributed by atoms with Crippen LogP contribution in [0, 0.1) is 11.3 Å². The first-order valence-corrected chi connectivity index (χ1v) is 7.37. The number of nitriles is 1. The highest BCUT2D eigenvalue weighted by Gasteiger charge is 2.17. The minimum Gasteiger partial charge on any atom is -0.492 e. The van der Waals surface area contributed by atoms with Gasteiger partial charge in [-0.25, -0.2) is 0 Å². The molecule has 1 aromatic carbocycles. The monoisotopic (exact) mass is 273 g/mol. The maximum Gasteiger partial charge on any atom is 0.139 e. The number of rotatable bonds is 5. The number of nitrogens with zero attached hydrogens (tertiary/aromatic N) is 2. The quantitative estimate of drug-likeness (QED) is 0.662. The molecule has 20 heavy (non-hydrogen) atoms. The summed E-state index contributed by atoms with van der Waals surface area (Å²) in [6.45, 7) is 5.18. The van der Waals surface area contributed by atoms with Crippen LogP contribution in [0.25, 0.3) is 0 Å². The number of benzene rings is 1. The second-order valence-corrected chi connectivity index (χ2v) is 5.45. The van der Waals surface area contributed by atoms with Crippen molar-refractivity contribution in [2.75, 3.05) is 25.4 Å². The molecule has 1 unspecified atom stereocenters. The Morgan fingerprint density at radius 2 is 2.30 bits per heavy atom. The predicted molar refractivity (Wildman–Crippen MR) is 80.6 cm³/mol. The van der Waals surface area contributed by atoms with E-state index in [1.807, 2.05) is 0 Å². The lowest BCUT2D eigenvalue weighted by Crippen LogP contribution is -2.38. The van der Waals surface area contributed by atoms with Crippen molar-refractivity contribution in [1.82, 2.24) is 4.90 Å². The second kappa shape index (κ2) is 7.16. The Morgan fingerprint density at radius 3 is 3.05 bits per heavy atom. The summed E-state index contributed by atoms with van der Waals surface area (Å²) in [5, 5.41) is 9.03.